The lowest BCUT2D eigenvalue weighted by molar-refractivity contribution is -0.149. The molecule has 4 aromatic rings. The van der Waals surface area contributed by atoms with Crippen molar-refractivity contribution in [3.63, 3.8) is 0 Å². The number of methoxy groups -OCH3 is 2. The second kappa shape index (κ2) is 20.6. The number of aromatic nitrogens is 2. The number of rotatable bonds is 12. The van der Waals surface area contributed by atoms with Crippen molar-refractivity contribution in [1.82, 2.24) is 9.38 Å². The van der Waals surface area contributed by atoms with Crippen LogP contribution in [0.5, 0.6) is 0 Å². The van der Waals surface area contributed by atoms with E-state index in [1.165, 1.54) is 44.3 Å². The van der Waals surface area contributed by atoms with E-state index in [0.717, 1.165) is 35.1 Å². The van der Waals surface area contributed by atoms with Gasteiger partial charge in [0.2, 0.25) is 0 Å². The molecule has 9 heteroatoms. The molecular weight excluding hydrogens is 644 g/mol. The Bertz CT molecular complexity index is 1770. The number of benzene rings is 2. The molecule has 0 bridgehead atoms. The molecule has 0 fully saturated rings. The van der Waals surface area contributed by atoms with Crippen LogP contribution >= 0.6 is 0 Å². The number of carbonyl (C=O) groups is 4. The van der Waals surface area contributed by atoms with Crippen molar-refractivity contribution in [2.45, 2.75) is 79.6 Å². The van der Waals surface area contributed by atoms with Gasteiger partial charge < -0.3 is 14.2 Å². The molecule has 2 atom stereocenters. The number of ether oxygens (including phenoxy) is 3. The number of allylic oxidation sites excluding steroid dienone is 1. The van der Waals surface area contributed by atoms with Crippen LogP contribution in [0.1, 0.15) is 100 Å². The number of esters is 3. The topological polar surface area (TPSA) is 113 Å². The van der Waals surface area contributed by atoms with Gasteiger partial charge in [-0.05, 0) is 55.0 Å². The summed E-state index contributed by atoms with van der Waals surface area (Å²) in [4.78, 5) is 53.2. The quantitative estimate of drug-likeness (QED) is 0.0818. The molecule has 1 aliphatic rings. The third kappa shape index (κ3) is 10.5. The second-order valence-corrected chi connectivity index (χ2v) is 12.1. The fourth-order valence-electron chi connectivity index (χ4n) is 6.41. The molecule has 2 aromatic carbocycles. The fraction of sp³-hybridized carbons (Fsp3) is 0.405. The number of ketones is 1. The summed E-state index contributed by atoms with van der Waals surface area (Å²) < 4.78 is 16.6. The minimum absolute atomic E-state index is 0.0801. The van der Waals surface area contributed by atoms with E-state index in [2.05, 4.69) is 11.9 Å². The van der Waals surface area contributed by atoms with Crippen molar-refractivity contribution in [3.05, 3.63) is 96.0 Å². The normalized spacial score (nSPS) is 15.0. The number of pyridine rings is 1. The SMILES string of the molecule is CC.CCCCCCCC1CC(=O)C=C(C)C1C(=O)OCC.COC(=O)c1c(-c2ccc(-c3ccccc3)cc2)cc2nccn2c1C(=O)OC. The molecular formula is C42H52N2O7. The zero-order chi connectivity index (χ0) is 37.3. The maximum atomic E-state index is 12.6. The molecule has 0 radical (unpaired) electrons. The second-order valence-electron chi connectivity index (χ2n) is 12.1. The number of fused-ring (bicyclic) bond motifs is 1. The molecule has 9 nitrogen and oxygen atoms in total. The highest BCUT2D eigenvalue weighted by molar-refractivity contribution is 6.07. The number of imidazole rings is 1. The summed E-state index contributed by atoms with van der Waals surface area (Å²) in [5.41, 5.74) is 5.07. The van der Waals surface area contributed by atoms with E-state index < -0.39 is 11.9 Å². The van der Waals surface area contributed by atoms with Gasteiger partial charge in [-0.2, -0.15) is 0 Å². The molecule has 0 aliphatic heterocycles. The van der Waals surface area contributed by atoms with Crippen molar-refractivity contribution in [3.8, 4) is 22.3 Å². The van der Waals surface area contributed by atoms with Gasteiger partial charge in [0, 0.05) is 24.4 Å². The van der Waals surface area contributed by atoms with E-state index in [1.807, 2.05) is 82.3 Å². The first kappa shape index (κ1) is 40.4. The Morgan fingerprint density at radius 2 is 1.47 bits per heavy atom. The maximum absolute atomic E-state index is 12.6. The van der Waals surface area contributed by atoms with E-state index in [1.54, 1.807) is 24.5 Å². The highest BCUT2D eigenvalue weighted by atomic mass is 16.5. The third-order valence-corrected chi connectivity index (χ3v) is 8.79. The van der Waals surface area contributed by atoms with Crippen molar-refractivity contribution in [1.29, 1.82) is 0 Å². The lowest BCUT2D eigenvalue weighted by atomic mass is 9.76. The van der Waals surface area contributed by atoms with Gasteiger partial charge in [-0.1, -0.05) is 113 Å². The Morgan fingerprint density at radius 1 is 0.843 bits per heavy atom. The van der Waals surface area contributed by atoms with E-state index in [4.69, 9.17) is 14.2 Å². The minimum Gasteiger partial charge on any atom is -0.466 e. The number of hydrogen-bond donors (Lipinski definition) is 0. The lowest BCUT2D eigenvalue weighted by Gasteiger charge is -2.29. The molecule has 1 aliphatic carbocycles. The highest BCUT2D eigenvalue weighted by Gasteiger charge is 2.35. The van der Waals surface area contributed by atoms with Crippen LogP contribution in [-0.4, -0.2) is 53.9 Å². The van der Waals surface area contributed by atoms with Crippen molar-refractivity contribution in [2.75, 3.05) is 20.8 Å². The average Bonchev–Trinajstić information content (AvgIpc) is 3.63. The Labute approximate surface area is 302 Å². The summed E-state index contributed by atoms with van der Waals surface area (Å²) in [7, 11) is 2.55. The smallest absolute Gasteiger partial charge is 0.356 e. The highest BCUT2D eigenvalue weighted by Crippen LogP contribution is 2.34. The average molecular weight is 697 g/mol. The van der Waals surface area contributed by atoms with Gasteiger partial charge in [-0.25, -0.2) is 14.6 Å². The number of hydrogen-bond acceptors (Lipinski definition) is 8. The Morgan fingerprint density at radius 3 is 2.10 bits per heavy atom. The Kier molecular flexibility index (Phi) is 16.3. The number of carbonyl (C=O) groups excluding carboxylic acids is 4. The lowest BCUT2D eigenvalue weighted by Crippen LogP contribution is -2.32. The zero-order valence-electron chi connectivity index (χ0n) is 31.1. The summed E-state index contributed by atoms with van der Waals surface area (Å²) in [6, 6.07) is 19.5. The monoisotopic (exact) mass is 696 g/mol. The van der Waals surface area contributed by atoms with Crippen LogP contribution < -0.4 is 0 Å². The van der Waals surface area contributed by atoms with Crippen LogP contribution in [0.25, 0.3) is 27.9 Å². The van der Waals surface area contributed by atoms with Gasteiger partial charge in [0.15, 0.2) is 5.78 Å². The summed E-state index contributed by atoms with van der Waals surface area (Å²) >= 11 is 0. The van der Waals surface area contributed by atoms with Gasteiger partial charge in [-0.3, -0.25) is 14.0 Å². The van der Waals surface area contributed by atoms with Crippen LogP contribution in [0, 0.1) is 11.8 Å². The predicted octanol–water partition coefficient (Wildman–Crippen LogP) is 9.33. The van der Waals surface area contributed by atoms with Crippen molar-refractivity contribution in [2.24, 2.45) is 11.8 Å². The van der Waals surface area contributed by atoms with Gasteiger partial charge in [-0.15, -0.1) is 0 Å². The van der Waals surface area contributed by atoms with E-state index >= 15 is 0 Å². The number of unbranched alkanes of at least 4 members (excludes halogenated alkanes) is 4. The largest absolute Gasteiger partial charge is 0.466 e. The van der Waals surface area contributed by atoms with Gasteiger partial charge in [0.05, 0.1) is 32.3 Å². The molecule has 2 heterocycles. The summed E-state index contributed by atoms with van der Waals surface area (Å²) in [5.74, 6) is -1.35. The molecule has 0 N–H and O–H groups in total. The standard InChI is InChI=1S/C23H18N2O4.C17H28O3.C2H6/c1-28-22(26)20-18(14-19-24-12-13-25(19)21(20)23(27)29-2)17-10-8-16(9-11-17)15-6-4-3-5-7-15;1-4-6-7-8-9-10-14-12-15(18)11-13(3)16(14)17(19)20-5-2;1-2/h3-14H,1-2H3;11,14,16H,4-10,12H2,1-3H3;1-2H3. The van der Waals surface area contributed by atoms with Crippen molar-refractivity contribution >= 4 is 29.3 Å². The maximum Gasteiger partial charge on any atom is 0.356 e. The molecule has 2 unspecified atom stereocenters. The van der Waals surface area contributed by atoms with Crippen LogP contribution in [0.3, 0.4) is 0 Å². The molecule has 2 aromatic heterocycles. The molecule has 0 saturated carbocycles. The fourth-order valence-corrected chi connectivity index (χ4v) is 6.41. The van der Waals surface area contributed by atoms with E-state index in [9.17, 15) is 19.2 Å². The first-order valence-electron chi connectivity index (χ1n) is 17.9. The zero-order valence-corrected chi connectivity index (χ0v) is 31.1. The van der Waals surface area contributed by atoms with Crippen LogP contribution in [0.2, 0.25) is 0 Å². The van der Waals surface area contributed by atoms with Crippen LogP contribution in [0.15, 0.2) is 84.7 Å². The Hall–Kier alpha value is -5.05. The minimum atomic E-state index is -0.642. The predicted molar refractivity (Wildman–Crippen MR) is 200 cm³/mol. The molecule has 0 saturated heterocycles. The van der Waals surface area contributed by atoms with Gasteiger partial charge >= 0.3 is 17.9 Å². The first-order valence-corrected chi connectivity index (χ1v) is 17.9. The summed E-state index contributed by atoms with van der Waals surface area (Å²) in [5, 5.41) is 0. The summed E-state index contributed by atoms with van der Waals surface area (Å²) in [6.07, 6.45) is 12.3. The Balaban J connectivity index is 0.000000281. The molecule has 0 amide bonds. The summed E-state index contributed by atoms with van der Waals surface area (Å²) in [6.45, 7) is 10.3. The van der Waals surface area contributed by atoms with Crippen LogP contribution in [-0.2, 0) is 23.8 Å². The third-order valence-electron chi connectivity index (χ3n) is 8.79. The molecule has 5 rings (SSSR count). The molecule has 51 heavy (non-hydrogen) atoms. The number of nitrogens with zero attached hydrogens (tertiary/aromatic N) is 2. The van der Waals surface area contributed by atoms with Gasteiger partial charge in [0.1, 0.15) is 11.3 Å². The van der Waals surface area contributed by atoms with Gasteiger partial charge in [0.25, 0.3) is 0 Å². The molecule has 0 spiro atoms. The first-order chi connectivity index (χ1) is 24.7. The van der Waals surface area contributed by atoms with Crippen LogP contribution in [0.4, 0.5) is 0 Å². The van der Waals surface area contributed by atoms with E-state index in [-0.39, 0.29) is 34.8 Å². The van der Waals surface area contributed by atoms with Crippen molar-refractivity contribution < 1.29 is 33.4 Å². The van der Waals surface area contributed by atoms with E-state index in [0.29, 0.717) is 24.2 Å². The molecule has 272 valence electrons.